The fourth-order valence-electron chi connectivity index (χ4n) is 2.92. The summed E-state index contributed by atoms with van der Waals surface area (Å²) in [6.45, 7) is 1.73. The van der Waals surface area contributed by atoms with E-state index in [9.17, 15) is 14.4 Å². The Morgan fingerprint density at radius 1 is 1.03 bits per heavy atom. The van der Waals surface area contributed by atoms with Crippen molar-refractivity contribution in [3.63, 3.8) is 0 Å². The van der Waals surface area contributed by atoms with Crippen LogP contribution in [0.25, 0.3) is 10.2 Å². The van der Waals surface area contributed by atoms with Crippen molar-refractivity contribution in [3.05, 3.63) is 98.4 Å². The maximum absolute atomic E-state index is 12.9. The molecule has 6 nitrogen and oxygen atoms in total. The number of nitrogens with one attached hydrogen (secondary N) is 1. The molecule has 4 aromatic rings. The molecule has 0 bridgehead atoms. The van der Waals surface area contributed by atoms with Crippen molar-refractivity contribution >= 4 is 33.3 Å². The summed E-state index contributed by atoms with van der Waals surface area (Å²) in [6.07, 6.45) is 0. The number of aryl methyl sites for hydroxylation is 1. The summed E-state index contributed by atoms with van der Waals surface area (Å²) in [5, 5.41) is 1.77. The number of nitrogens with zero attached hydrogens (tertiary/aromatic N) is 1. The Morgan fingerprint density at radius 2 is 1.76 bits per heavy atom. The quantitative estimate of drug-likeness (QED) is 0.403. The maximum atomic E-state index is 12.9. The van der Waals surface area contributed by atoms with Crippen LogP contribution < -0.4 is 5.56 Å². The average molecular weight is 404 g/mol. The number of esters is 1. The van der Waals surface area contributed by atoms with Crippen LogP contribution in [-0.2, 0) is 11.3 Å². The molecule has 2 aromatic carbocycles. The first-order valence-corrected chi connectivity index (χ1v) is 9.75. The van der Waals surface area contributed by atoms with Gasteiger partial charge in [0, 0.05) is 11.1 Å². The second-order valence-corrected chi connectivity index (χ2v) is 7.38. The molecule has 29 heavy (non-hydrogen) atoms. The smallest absolute Gasteiger partial charge is 0.339 e. The van der Waals surface area contributed by atoms with Crippen LogP contribution >= 0.6 is 11.3 Å². The van der Waals surface area contributed by atoms with E-state index in [0.717, 1.165) is 5.56 Å². The number of ether oxygens (including phenoxy) is 1. The van der Waals surface area contributed by atoms with E-state index in [4.69, 9.17) is 4.74 Å². The van der Waals surface area contributed by atoms with Gasteiger partial charge in [0.15, 0.2) is 5.78 Å². The molecule has 4 rings (SSSR count). The summed E-state index contributed by atoms with van der Waals surface area (Å²) in [6, 6.07) is 15.4. The zero-order chi connectivity index (χ0) is 20.4. The van der Waals surface area contributed by atoms with E-state index < -0.39 is 5.97 Å². The number of rotatable bonds is 5. The molecule has 0 aliphatic carbocycles. The van der Waals surface area contributed by atoms with Crippen molar-refractivity contribution in [1.29, 1.82) is 0 Å². The fraction of sp³-hybridized carbons (Fsp3) is 0.0909. The molecule has 2 heterocycles. The standard InChI is InChI=1S/C22H16N2O4S/c1-13-6-8-14(9-7-13)19(25)15-4-2-3-5-16(15)22(27)28-12-18-23-17-10-11-29-20(17)21(26)24-18/h2-11H,12H2,1H3,(H,23,24,26). The van der Waals surface area contributed by atoms with E-state index in [1.807, 2.05) is 19.1 Å². The van der Waals surface area contributed by atoms with E-state index in [-0.39, 0.29) is 34.9 Å². The lowest BCUT2D eigenvalue weighted by atomic mass is 9.98. The van der Waals surface area contributed by atoms with Crippen LogP contribution in [0.3, 0.4) is 0 Å². The lowest BCUT2D eigenvalue weighted by Gasteiger charge is -2.09. The molecule has 0 saturated carbocycles. The van der Waals surface area contributed by atoms with Crippen LogP contribution in [-0.4, -0.2) is 21.7 Å². The van der Waals surface area contributed by atoms with Crippen molar-refractivity contribution in [2.75, 3.05) is 0 Å². The van der Waals surface area contributed by atoms with Crippen LogP contribution in [0.5, 0.6) is 0 Å². The molecule has 0 amide bonds. The van der Waals surface area contributed by atoms with Gasteiger partial charge in [0.1, 0.15) is 17.1 Å². The second-order valence-electron chi connectivity index (χ2n) is 6.46. The third kappa shape index (κ3) is 3.86. The van der Waals surface area contributed by atoms with Gasteiger partial charge in [-0.2, -0.15) is 0 Å². The van der Waals surface area contributed by atoms with Gasteiger partial charge in [-0.25, -0.2) is 9.78 Å². The van der Waals surface area contributed by atoms with Crippen molar-refractivity contribution < 1.29 is 14.3 Å². The summed E-state index contributed by atoms with van der Waals surface area (Å²) >= 11 is 1.30. The molecular weight excluding hydrogens is 388 g/mol. The SMILES string of the molecule is Cc1ccc(C(=O)c2ccccc2C(=O)OCc2nc3ccsc3c(=O)[nH]2)cc1. The Hall–Kier alpha value is -3.58. The van der Waals surface area contributed by atoms with E-state index in [1.54, 1.807) is 47.8 Å². The van der Waals surface area contributed by atoms with Gasteiger partial charge >= 0.3 is 5.97 Å². The van der Waals surface area contributed by atoms with E-state index >= 15 is 0 Å². The number of aromatic nitrogens is 2. The number of thiophene rings is 1. The highest BCUT2D eigenvalue weighted by atomic mass is 32.1. The minimum atomic E-state index is -0.658. The number of hydrogen-bond acceptors (Lipinski definition) is 6. The largest absolute Gasteiger partial charge is 0.454 e. The van der Waals surface area contributed by atoms with Gasteiger partial charge in [-0.1, -0.05) is 48.0 Å². The number of carbonyl (C=O) groups excluding carboxylic acids is 2. The van der Waals surface area contributed by atoms with Crippen molar-refractivity contribution in [2.45, 2.75) is 13.5 Å². The first-order chi connectivity index (χ1) is 14.0. The average Bonchev–Trinajstić information content (AvgIpc) is 3.21. The first kappa shape index (κ1) is 18.8. The summed E-state index contributed by atoms with van der Waals surface area (Å²) in [4.78, 5) is 44.4. The topological polar surface area (TPSA) is 89.1 Å². The van der Waals surface area contributed by atoms with Gasteiger partial charge in [-0.3, -0.25) is 9.59 Å². The summed E-state index contributed by atoms with van der Waals surface area (Å²) in [7, 11) is 0. The Morgan fingerprint density at radius 3 is 2.52 bits per heavy atom. The highest BCUT2D eigenvalue weighted by molar-refractivity contribution is 7.17. The predicted molar refractivity (Wildman–Crippen MR) is 110 cm³/mol. The third-order valence-corrected chi connectivity index (χ3v) is 5.31. The number of hydrogen-bond donors (Lipinski definition) is 1. The minimum Gasteiger partial charge on any atom is -0.454 e. The summed E-state index contributed by atoms with van der Waals surface area (Å²) in [5.41, 5.74) is 2.24. The lowest BCUT2D eigenvalue weighted by molar-refractivity contribution is 0.0460. The number of ketones is 1. The molecule has 144 valence electrons. The predicted octanol–water partition coefficient (Wildman–Crippen LogP) is 3.88. The normalized spacial score (nSPS) is 10.8. The molecule has 0 atom stereocenters. The molecule has 0 fully saturated rings. The van der Waals surface area contributed by atoms with Crippen LogP contribution in [0, 0.1) is 6.92 Å². The molecule has 1 N–H and O–H groups in total. The van der Waals surface area contributed by atoms with Crippen LogP contribution in [0.4, 0.5) is 0 Å². The minimum absolute atomic E-state index is 0.164. The third-order valence-electron chi connectivity index (χ3n) is 4.41. The number of aromatic amines is 1. The van der Waals surface area contributed by atoms with E-state index in [0.29, 0.717) is 15.8 Å². The van der Waals surface area contributed by atoms with Gasteiger partial charge in [0.05, 0.1) is 11.1 Å². The second kappa shape index (κ2) is 7.81. The highest BCUT2D eigenvalue weighted by Crippen LogP contribution is 2.18. The first-order valence-electron chi connectivity index (χ1n) is 8.87. The van der Waals surface area contributed by atoms with Gasteiger partial charge in [0.2, 0.25) is 0 Å². The van der Waals surface area contributed by atoms with Crippen molar-refractivity contribution in [3.8, 4) is 0 Å². The molecule has 0 saturated heterocycles. The van der Waals surface area contributed by atoms with Crippen LogP contribution in [0.15, 0.2) is 64.8 Å². The summed E-state index contributed by atoms with van der Waals surface area (Å²) < 4.78 is 5.84. The Kier molecular flexibility index (Phi) is 5.05. The summed E-state index contributed by atoms with van der Waals surface area (Å²) in [5.74, 6) is -0.672. The zero-order valence-electron chi connectivity index (χ0n) is 15.5. The molecular formula is C22H16N2O4S. The van der Waals surface area contributed by atoms with E-state index in [2.05, 4.69) is 9.97 Å². The van der Waals surface area contributed by atoms with Crippen molar-refractivity contribution in [1.82, 2.24) is 9.97 Å². The molecule has 0 aliphatic rings. The molecule has 2 aromatic heterocycles. The van der Waals surface area contributed by atoms with E-state index in [1.165, 1.54) is 11.3 Å². The number of fused-ring (bicyclic) bond motifs is 1. The number of benzene rings is 2. The molecule has 0 radical (unpaired) electrons. The van der Waals surface area contributed by atoms with Gasteiger partial charge in [-0.15, -0.1) is 11.3 Å². The monoisotopic (exact) mass is 404 g/mol. The van der Waals surface area contributed by atoms with Crippen LogP contribution in [0.1, 0.15) is 37.7 Å². The van der Waals surface area contributed by atoms with Gasteiger partial charge in [-0.05, 0) is 24.4 Å². The molecule has 0 aliphatic heterocycles. The van der Waals surface area contributed by atoms with Gasteiger partial charge < -0.3 is 9.72 Å². The maximum Gasteiger partial charge on any atom is 0.339 e. The Bertz CT molecular complexity index is 1270. The zero-order valence-corrected chi connectivity index (χ0v) is 16.3. The molecule has 7 heteroatoms. The number of carbonyl (C=O) groups is 2. The van der Waals surface area contributed by atoms with Gasteiger partial charge in [0.25, 0.3) is 5.56 Å². The number of H-pyrrole nitrogens is 1. The highest BCUT2D eigenvalue weighted by Gasteiger charge is 2.19. The fourth-order valence-corrected chi connectivity index (χ4v) is 3.65. The van der Waals surface area contributed by atoms with Crippen molar-refractivity contribution in [2.24, 2.45) is 0 Å². The lowest BCUT2D eigenvalue weighted by Crippen LogP contribution is -2.15. The molecule has 0 unspecified atom stereocenters. The molecule has 0 spiro atoms. The Balaban J connectivity index is 1.56. The Labute approximate surface area is 169 Å². The van der Waals surface area contributed by atoms with Crippen LogP contribution in [0.2, 0.25) is 0 Å².